The van der Waals surface area contributed by atoms with Gasteiger partial charge in [0.1, 0.15) is 25.5 Å². The molecule has 0 aromatic heterocycles. The van der Waals surface area contributed by atoms with Gasteiger partial charge < -0.3 is 14.8 Å². The molecule has 1 amide bonds. The summed E-state index contributed by atoms with van der Waals surface area (Å²) in [6.45, 7) is 4.07. The largest absolute Gasteiger partial charge is 0.490 e. The average Bonchev–Trinajstić information content (AvgIpc) is 2.58. The second-order valence-electron chi connectivity index (χ2n) is 5.38. The van der Waals surface area contributed by atoms with Crippen molar-refractivity contribution in [1.82, 2.24) is 5.32 Å². The first kappa shape index (κ1) is 17.5. The van der Waals surface area contributed by atoms with E-state index in [1.807, 2.05) is 50.2 Å². The van der Waals surface area contributed by atoms with E-state index in [-0.39, 0.29) is 25.7 Å². The predicted molar refractivity (Wildman–Crippen MR) is 91.1 cm³/mol. The van der Waals surface area contributed by atoms with Crippen molar-refractivity contribution in [2.45, 2.75) is 13.8 Å². The minimum atomic E-state index is -0.496. The van der Waals surface area contributed by atoms with Crippen molar-refractivity contribution in [3.63, 3.8) is 0 Å². The standard InChI is InChI=1S/C19H21NO4/c1-14-7-9-16(10-8-14)23-11-12-24-18(21)13-20-19(22)17-6-4-3-5-15(17)2/h3-10H,11-13H2,1-2H3,(H,20,22). The molecule has 0 aliphatic rings. The lowest BCUT2D eigenvalue weighted by Crippen LogP contribution is -2.31. The molecule has 24 heavy (non-hydrogen) atoms. The van der Waals surface area contributed by atoms with Crippen molar-refractivity contribution in [2.75, 3.05) is 19.8 Å². The van der Waals surface area contributed by atoms with Crippen LogP contribution in [0.5, 0.6) is 5.75 Å². The van der Waals surface area contributed by atoms with Crippen molar-refractivity contribution >= 4 is 11.9 Å². The third-order valence-corrected chi connectivity index (χ3v) is 3.42. The molecular weight excluding hydrogens is 306 g/mol. The predicted octanol–water partition coefficient (Wildman–Crippen LogP) is 2.66. The summed E-state index contributed by atoms with van der Waals surface area (Å²) in [5, 5.41) is 2.55. The molecule has 0 radical (unpaired) electrons. The van der Waals surface area contributed by atoms with E-state index in [4.69, 9.17) is 9.47 Å². The Bertz CT molecular complexity index is 695. The van der Waals surface area contributed by atoms with Crippen LogP contribution in [-0.2, 0) is 9.53 Å². The zero-order chi connectivity index (χ0) is 17.4. The zero-order valence-corrected chi connectivity index (χ0v) is 13.9. The summed E-state index contributed by atoms with van der Waals surface area (Å²) >= 11 is 0. The van der Waals surface area contributed by atoms with E-state index in [0.29, 0.717) is 5.56 Å². The topological polar surface area (TPSA) is 64.6 Å². The summed E-state index contributed by atoms with van der Waals surface area (Å²) in [6.07, 6.45) is 0. The normalized spacial score (nSPS) is 10.1. The maximum Gasteiger partial charge on any atom is 0.325 e. The minimum Gasteiger partial charge on any atom is -0.490 e. The van der Waals surface area contributed by atoms with Crippen LogP contribution in [0, 0.1) is 13.8 Å². The Morgan fingerprint density at radius 1 is 0.958 bits per heavy atom. The maximum atomic E-state index is 12.0. The van der Waals surface area contributed by atoms with Gasteiger partial charge in [0.25, 0.3) is 5.91 Å². The fourth-order valence-corrected chi connectivity index (χ4v) is 2.08. The number of amides is 1. The summed E-state index contributed by atoms with van der Waals surface area (Å²) in [4.78, 5) is 23.6. The molecule has 5 heteroatoms. The molecule has 1 N–H and O–H groups in total. The molecule has 0 aliphatic heterocycles. The second-order valence-corrected chi connectivity index (χ2v) is 5.38. The highest BCUT2D eigenvalue weighted by Crippen LogP contribution is 2.11. The zero-order valence-electron chi connectivity index (χ0n) is 13.9. The van der Waals surface area contributed by atoms with Gasteiger partial charge in [-0.3, -0.25) is 9.59 Å². The first-order valence-corrected chi connectivity index (χ1v) is 7.75. The summed E-state index contributed by atoms with van der Waals surface area (Å²) in [7, 11) is 0. The number of nitrogens with one attached hydrogen (secondary N) is 1. The molecule has 0 unspecified atom stereocenters. The van der Waals surface area contributed by atoms with Gasteiger partial charge >= 0.3 is 5.97 Å². The Labute approximate surface area is 141 Å². The van der Waals surface area contributed by atoms with Crippen LogP contribution in [0.2, 0.25) is 0 Å². The Kier molecular flexibility index (Phi) is 6.37. The van der Waals surface area contributed by atoms with Crippen molar-refractivity contribution in [3.8, 4) is 5.75 Å². The third kappa shape index (κ3) is 5.43. The maximum absolute atomic E-state index is 12.0. The molecule has 0 saturated carbocycles. The summed E-state index contributed by atoms with van der Waals surface area (Å²) in [5.41, 5.74) is 2.56. The number of benzene rings is 2. The van der Waals surface area contributed by atoms with Crippen LogP contribution in [0.25, 0.3) is 0 Å². The number of hydrogen-bond donors (Lipinski definition) is 1. The van der Waals surface area contributed by atoms with Gasteiger partial charge in [0.15, 0.2) is 0 Å². The molecule has 0 aliphatic carbocycles. The van der Waals surface area contributed by atoms with E-state index >= 15 is 0 Å². The van der Waals surface area contributed by atoms with Crippen LogP contribution in [0.1, 0.15) is 21.5 Å². The first-order valence-electron chi connectivity index (χ1n) is 7.75. The van der Waals surface area contributed by atoms with Crippen LogP contribution in [0.15, 0.2) is 48.5 Å². The second kappa shape index (κ2) is 8.72. The van der Waals surface area contributed by atoms with Crippen molar-refractivity contribution in [2.24, 2.45) is 0 Å². The van der Waals surface area contributed by atoms with Crippen LogP contribution in [0.4, 0.5) is 0 Å². The van der Waals surface area contributed by atoms with Crippen LogP contribution in [-0.4, -0.2) is 31.6 Å². The number of carbonyl (C=O) groups excluding carboxylic acids is 2. The molecule has 0 heterocycles. The molecule has 2 rings (SSSR count). The number of rotatable bonds is 7. The van der Waals surface area contributed by atoms with Gasteiger partial charge in [0, 0.05) is 5.56 Å². The molecular formula is C19H21NO4. The fourth-order valence-electron chi connectivity index (χ4n) is 2.08. The Morgan fingerprint density at radius 2 is 1.67 bits per heavy atom. The SMILES string of the molecule is Cc1ccc(OCCOC(=O)CNC(=O)c2ccccc2C)cc1. The number of hydrogen-bond acceptors (Lipinski definition) is 4. The first-order chi connectivity index (χ1) is 11.6. The lowest BCUT2D eigenvalue weighted by Gasteiger charge is -2.09. The van der Waals surface area contributed by atoms with Crippen LogP contribution >= 0.6 is 0 Å². The molecule has 5 nitrogen and oxygen atoms in total. The van der Waals surface area contributed by atoms with E-state index < -0.39 is 5.97 Å². The molecule has 2 aromatic carbocycles. The fraction of sp³-hybridized carbons (Fsp3) is 0.263. The number of carbonyl (C=O) groups is 2. The van der Waals surface area contributed by atoms with Gasteiger partial charge in [-0.15, -0.1) is 0 Å². The number of aryl methyl sites for hydroxylation is 2. The Balaban J connectivity index is 1.65. The van der Waals surface area contributed by atoms with E-state index in [1.165, 1.54) is 0 Å². The molecule has 0 fully saturated rings. The van der Waals surface area contributed by atoms with Gasteiger partial charge in [-0.05, 0) is 37.6 Å². The number of ether oxygens (including phenoxy) is 2. The molecule has 2 aromatic rings. The van der Waals surface area contributed by atoms with Crippen molar-refractivity contribution < 1.29 is 19.1 Å². The lowest BCUT2D eigenvalue weighted by molar-refractivity contribution is -0.143. The van der Waals surface area contributed by atoms with Gasteiger partial charge in [-0.2, -0.15) is 0 Å². The monoisotopic (exact) mass is 327 g/mol. The quantitative estimate of drug-likeness (QED) is 0.627. The van der Waals surface area contributed by atoms with Gasteiger partial charge in [-0.25, -0.2) is 0 Å². The van der Waals surface area contributed by atoms with Crippen LogP contribution < -0.4 is 10.1 Å². The molecule has 0 atom stereocenters. The summed E-state index contributed by atoms with van der Waals surface area (Å²) < 4.78 is 10.5. The van der Waals surface area contributed by atoms with Crippen molar-refractivity contribution in [3.05, 3.63) is 65.2 Å². The Hall–Kier alpha value is -2.82. The number of esters is 1. The van der Waals surface area contributed by atoms with Gasteiger partial charge in [0.05, 0.1) is 0 Å². The van der Waals surface area contributed by atoms with E-state index in [0.717, 1.165) is 16.9 Å². The lowest BCUT2D eigenvalue weighted by atomic mass is 10.1. The van der Waals surface area contributed by atoms with Crippen LogP contribution in [0.3, 0.4) is 0 Å². The van der Waals surface area contributed by atoms with Gasteiger partial charge in [-0.1, -0.05) is 35.9 Å². The highest BCUT2D eigenvalue weighted by atomic mass is 16.6. The van der Waals surface area contributed by atoms with Gasteiger partial charge in [0.2, 0.25) is 0 Å². The third-order valence-electron chi connectivity index (χ3n) is 3.42. The smallest absolute Gasteiger partial charge is 0.325 e. The molecule has 126 valence electrons. The van der Waals surface area contributed by atoms with Crippen molar-refractivity contribution in [1.29, 1.82) is 0 Å². The van der Waals surface area contributed by atoms with E-state index in [9.17, 15) is 9.59 Å². The minimum absolute atomic E-state index is 0.132. The summed E-state index contributed by atoms with van der Waals surface area (Å²) in [5.74, 6) is -0.0603. The highest BCUT2D eigenvalue weighted by molar-refractivity contribution is 5.97. The molecule has 0 bridgehead atoms. The summed E-state index contributed by atoms with van der Waals surface area (Å²) in [6, 6.07) is 14.8. The van der Waals surface area contributed by atoms with E-state index in [2.05, 4.69) is 5.32 Å². The average molecular weight is 327 g/mol. The molecule has 0 saturated heterocycles. The highest BCUT2D eigenvalue weighted by Gasteiger charge is 2.10. The Morgan fingerprint density at radius 3 is 2.38 bits per heavy atom. The van der Waals surface area contributed by atoms with E-state index in [1.54, 1.807) is 12.1 Å². The molecule has 0 spiro atoms.